The number of rotatable bonds is 5. The molecule has 0 aromatic heterocycles. The lowest BCUT2D eigenvalue weighted by Gasteiger charge is -2.20. The van der Waals surface area contributed by atoms with Crippen LogP contribution in [-0.4, -0.2) is 55.3 Å². The van der Waals surface area contributed by atoms with Crippen LogP contribution in [0.25, 0.3) is 0 Å². The summed E-state index contributed by atoms with van der Waals surface area (Å²) in [5.74, 6) is -0.434. The number of hydrogen-bond donors (Lipinski definition) is 1. The van der Waals surface area contributed by atoms with E-state index in [1.165, 1.54) is 4.90 Å². The topological polar surface area (TPSA) is 66.6 Å². The Bertz CT molecular complexity index is 192. The van der Waals surface area contributed by atoms with Gasteiger partial charge in [-0.05, 0) is 6.54 Å². The first-order valence-electron chi connectivity index (χ1n) is 4.18. The molecule has 0 aliphatic rings. The van der Waals surface area contributed by atoms with Gasteiger partial charge in [0.25, 0.3) is 0 Å². The van der Waals surface area contributed by atoms with Crippen molar-refractivity contribution in [3.8, 4) is 0 Å². The Kier molecular flexibility index (Phi) is 5.06. The number of hydrogen-bond acceptors (Lipinski definition) is 3. The predicted molar refractivity (Wildman–Crippen MR) is 50.0 cm³/mol. The Balaban J connectivity index is 3.97. The van der Waals surface area contributed by atoms with Crippen LogP contribution < -0.4 is 5.73 Å². The molecule has 0 bridgehead atoms. The quantitative estimate of drug-likeness (QED) is 0.593. The monoisotopic (exact) mass is 187 g/mol. The maximum absolute atomic E-state index is 11.2. The number of carbonyl (C=O) groups excluding carboxylic acids is 2. The second-order valence-corrected chi connectivity index (χ2v) is 3.06. The number of likely N-dealkylation sites (N-methyl/N-ethyl adjacent to an activating group) is 2. The van der Waals surface area contributed by atoms with Crippen LogP contribution in [0.4, 0.5) is 0 Å². The van der Waals surface area contributed by atoms with Gasteiger partial charge in [-0.25, -0.2) is 0 Å². The summed E-state index contributed by atoms with van der Waals surface area (Å²) >= 11 is 0. The van der Waals surface area contributed by atoms with Crippen LogP contribution in [-0.2, 0) is 9.59 Å². The van der Waals surface area contributed by atoms with Gasteiger partial charge in [-0.2, -0.15) is 0 Å². The lowest BCUT2D eigenvalue weighted by Crippen LogP contribution is -2.40. The Hall–Kier alpha value is -1.10. The van der Waals surface area contributed by atoms with E-state index in [-0.39, 0.29) is 19.0 Å². The van der Waals surface area contributed by atoms with Gasteiger partial charge in [0.05, 0.1) is 13.1 Å². The van der Waals surface area contributed by atoms with Crippen molar-refractivity contribution in [2.75, 3.05) is 33.7 Å². The molecular weight excluding hydrogens is 170 g/mol. The smallest absolute Gasteiger partial charge is 0.236 e. The van der Waals surface area contributed by atoms with Crippen molar-refractivity contribution in [3.63, 3.8) is 0 Å². The molecule has 2 N–H and O–H groups in total. The summed E-state index contributed by atoms with van der Waals surface area (Å²) in [6, 6.07) is 0. The third kappa shape index (κ3) is 5.19. The largest absolute Gasteiger partial charge is 0.369 e. The van der Waals surface area contributed by atoms with E-state index in [0.29, 0.717) is 6.54 Å². The van der Waals surface area contributed by atoms with Crippen LogP contribution in [0.15, 0.2) is 0 Å². The van der Waals surface area contributed by atoms with Crippen LogP contribution in [0, 0.1) is 0 Å². The molecule has 0 aliphatic carbocycles. The highest BCUT2D eigenvalue weighted by molar-refractivity contribution is 5.80. The van der Waals surface area contributed by atoms with E-state index in [1.807, 2.05) is 6.92 Å². The predicted octanol–water partition coefficient (Wildman–Crippen LogP) is -1.12. The van der Waals surface area contributed by atoms with Crippen LogP contribution in [0.1, 0.15) is 6.92 Å². The number of primary amides is 1. The van der Waals surface area contributed by atoms with E-state index in [4.69, 9.17) is 5.73 Å². The molecule has 13 heavy (non-hydrogen) atoms. The molecule has 0 heterocycles. The summed E-state index contributed by atoms with van der Waals surface area (Å²) in [4.78, 5) is 25.0. The van der Waals surface area contributed by atoms with Crippen LogP contribution in [0.3, 0.4) is 0 Å². The van der Waals surface area contributed by atoms with Gasteiger partial charge in [-0.3, -0.25) is 14.5 Å². The van der Waals surface area contributed by atoms with Crippen molar-refractivity contribution < 1.29 is 9.59 Å². The minimum atomic E-state index is -0.409. The number of amides is 2. The van der Waals surface area contributed by atoms with Crippen LogP contribution in [0.5, 0.6) is 0 Å². The van der Waals surface area contributed by atoms with Crippen LogP contribution >= 0.6 is 0 Å². The highest BCUT2D eigenvalue weighted by atomic mass is 16.2. The van der Waals surface area contributed by atoms with Crippen molar-refractivity contribution in [3.05, 3.63) is 0 Å². The number of nitrogens with two attached hydrogens (primary N) is 1. The molecular formula is C8H17N3O2. The fraction of sp³-hybridized carbons (Fsp3) is 0.750. The van der Waals surface area contributed by atoms with E-state index in [1.54, 1.807) is 19.0 Å². The Morgan fingerprint density at radius 3 is 2.08 bits per heavy atom. The second kappa shape index (κ2) is 5.53. The van der Waals surface area contributed by atoms with Crippen molar-refractivity contribution in [2.24, 2.45) is 5.73 Å². The summed E-state index contributed by atoms with van der Waals surface area (Å²) in [7, 11) is 3.36. The van der Waals surface area contributed by atoms with E-state index >= 15 is 0 Å². The minimum Gasteiger partial charge on any atom is -0.369 e. The molecule has 0 aromatic rings. The molecule has 0 rings (SSSR count). The molecule has 0 radical (unpaired) electrons. The highest BCUT2D eigenvalue weighted by Gasteiger charge is 2.11. The third-order valence-electron chi connectivity index (χ3n) is 1.68. The average Bonchev–Trinajstić information content (AvgIpc) is 2.02. The highest BCUT2D eigenvalue weighted by Crippen LogP contribution is 1.89. The fourth-order valence-electron chi connectivity index (χ4n) is 0.833. The summed E-state index contributed by atoms with van der Waals surface area (Å²) in [5.41, 5.74) is 5.02. The molecule has 0 aromatic carbocycles. The molecule has 0 saturated carbocycles. The molecule has 5 heteroatoms. The maximum Gasteiger partial charge on any atom is 0.236 e. The number of nitrogens with zero attached hydrogens (tertiary/aromatic N) is 2. The molecule has 0 fully saturated rings. The summed E-state index contributed by atoms with van der Waals surface area (Å²) < 4.78 is 0. The summed E-state index contributed by atoms with van der Waals surface area (Å²) in [6.45, 7) is 2.90. The first-order valence-corrected chi connectivity index (χ1v) is 4.18. The lowest BCUT2D eigenvalue weighted by atomic mass is 10.4. The molecule has 0 saturated heterocycles. The molecule has 2 amide bonds. The van der Waals surface area contributed by atoms with E-state index < -0.39 is 5.91 Å². The molecule has 0 spiro atoms. The normalized spacial score (nSPS) is 10.2. The Labute approximate surface area is 78.5 Å². The van der Waals surface area contributed by atoms with Gasteiger partial charge >= 0.3 is 0 Å². The zero-order valence-electron chi connectivity index (χ0n) is 8.41. The molecule has 76 valence electrons. The molecule has 5 nitrogen and oxygen atoms in total. The van der Waals surface area contributed by atoms with Gasteiger partial charge in [0, 0.05) is 14.1 Å². The summed E-state index contributed by atoms with van der Waals surface area (Å²) in [5, 5.41) is 0. The molecule has 0 atom stereocenters. The zero-order chi connectivity index (χ0) is 10.4. The Morgan fingerprint density at radius 2 is 1.77 bits per heavy atom. The van der Waals surface area contributed by atoms with Crippen molar-refractivity contribution in [1.82, 2.24) is 9.80 Å². The van der Waals surface area contributed by atoms with Gasteiger partial charge < -0.3 is 10.6 Å². The van der Waals surface area contributed by atoms with Crippen LogP contribution in [0.2, 0.25) is 0 Å². The zero-order valence-corrected chi connectivity index (χ0v) is 8.41. The first kappa shape index (κ1) is 11.9. The standard InChI is InChI=1S/C8H17N3O2/c1-4-11(5-7(9)12)6-8(13)10(2)3/h4-6H2,1-3H3,(H2,9,12). The third-order valence-corrected chi connectivity index (χ3v) is 1.68. The maximum atomic E-state index is 11.2. The lowest BCUT2D eigenvalue weighted by molar-refractivity contribution is -0.130. The first-order chi connectivity index (χ1) is 5.97. The molecule has 0 aliphatic heterocycles. The summed E-state index contributed by atoms with van der Waals surface area (Å²) in [6.07, 6.45) is 0. The number of carbonyl (C=O) groups is 2. The van der Waals surface area contributed by atoms with Crippen molar-refractivity contribution in [2.45, 2.75) is 6.92 Å². The van der Waals surface area contributed by atoms with Gasteiger partial charge in [0.1, 0.15) is 0 Å². The molecule has 0 unspecified atom stereocenters. The van der Waals surface area contributed by atoms with E-state index in [9.17, 15) is 9.59 Å². The van der Waals surface area contributed by atoms with Crippen molar-refractivity contribution in [1.29, 1.82) is 0 Å². The SMILES string of the molecule is CCN(CC(N)=O)CC(=O)N(C)C. The van der Waals surface area contributed by atoms with Crippen molar-refractivity contribution >= 4 is 11.8 Å². The second-order valence-electron chi connectivity index (χ2n) is 3.06. The van der Waals surface area contributed by atoms with Gasteiger partial charge in [0.15, 0.2) is 0 Å². The van der Waals surface area contributed by atoms with Gasteiger partial charge in [-0.1, -0.05) is 6.92 Å². The fourth-order valence-corrected chi connectivity index (χ4v) is 0.833. The van der Waals surface area contributed by atoms with E-state index in [0.717, 1.165) is 0 Å². The van der Waals surface area contributed by atoms with Gasteiger partial charge in [0.2, 0.25) is 11.8 Å². The van der Waals surface area contributed by atoms with E-state index in [2.05, 4.69) is 0 Å². The minimum absolute atomic E-state index is 0.0249. The average molecular weight is 187 g/mol. The van der Waals surface area contributed by atoms with Gasteiger partial charge in [-0.15, -0.1) is 0 Å². The Morgan fingerprint density at radius 1 is 1.23 bits per heavy atom.